The van der Waals surface area contributed by atoms with E-state index in [0.29, 0.717) is 25.0 Å². The van der Waals surface area contributed by atoms with E-state index in [1.807, 2.05) is 0 Å². The average molecular weight is 380 g/mol. The summed E-state index contributed by atoms with van der Waals surface area (Å²) in [4.78, 5) is 23.9. The minimum absolute atomic E-state index is 0.141. The lowest BCUT2D eigenvalue weighted by atomic mass is 9.95. The van der Waals surface area contributed by atoms with Crippen LogP contribution in [0.15, 0.2) is 18.2 Å². The average Bonchev–Trinajstić information content (AvgIpc) is 2.95. The molecule has 1 aromatic carbocycles. The summed E-state index contributed by atoms with van der Waals surface area (Å²) < 4.78 is 40.8. The van der Waals surface area contributed by atoms with Crippen LogP contribution in [0.1, 0.15) is 45.7 Å². The minimum atomic E-state index is -4.56. The second-order valence-corrected chi connectivity index (χ2v) is 6.60. The molecule has 1 aromatic heterocycles. The van der Waals surface area contributed by atoms with Crippen LogP contribution >= 0.6 is 0 Å². The Kier molecular flexibility index (Phi) is 4.95. The lowest BCUT2D eigenvalue weighted by Crippen LogP contribution is -2.24. The second-order valence-electron chi connectivity index (χ2n) is 6.60. The van der Waals surface area contributed by atoms with Gasteiger partial charge in [-0.2, -0.15) is 18.3 Å². The van der Waals surface area contributed by atoms with Gasteiger partial charge in [0.1, 0.15) is 6.54 Å². The summed E-state index contributed by atoms with van der Waals surface area (Å²) in [5.74, 6) is -1.28. The Morgan fingerprint density at radius 2 is 1.96 bits per heavy atom. The van der Waals surface area contributed by atoms with E-state index < -0.39 is 23.7 Å². The van der Waals surface area contributed by atoms with E-state index in [2.05, 4.69) is 10.4 Å². The molecule has 0 unspecified atom stereocenters. The van der Waals surface area contributed by atoms with Crippen LogP contribution in [0.25, 0.3) is 0 Å². The maximum atomic E-state index is 13.2. The summed E-state index contributed by atoms with van der Waals surface area (Å²) in [5.41, 5.74) is 6.17. The predicted molar refractivity (Wildman–Crippen MR) is 92.2 cm³/mol. The zero-order valence-corrected chi connectivity index (χ0v) is 14.7. The van der Waals surface area contributed by atoms with Gasteiger partial charge in [0.05, 0.1) is 11.3 Å². The van der Waals surface area contributed by atoms with E-state index in [-0.39, 0.29) is 23.4 Å². The number of aromatic nitrogens is 2. The van der Waals surface area contributed by atoms with Gasteiger partial charge in [-0.1, -0.05) is 11.6 Å². The van der Waals surface area contributed by atoms with Crippen molar-refractivity contribution in [3.8, 4) is 0 Å². The Morgan fingerprint density at radius 3 is 2.63 bits per heavy atom. The number of rotatable bonds is 4. The van der Waals surface area contributed by atoms with E-state index in [4.69, 9.17) is 5.73 Å². The lowest BCUT2D eigenvalue weighted by Gasteiger charge is -2.15. The molecule has 0 spiro atoms. The fourth-order valence-corrected chi connectivity index (χ4v) is 3.33. The van der Waals surface area contributed by atoms with Crippen molar-refractivity contribution in [3.05, 3.63) is 46.3 Å². The van der Waals surface area contributed by atoms with Gasteiger partial charge in [-0.25, -0.2) is 0 Å². The molecule has 2 amide bonds. The standard InChI is InChI=1S/C18H19F3N4O2/c1-10-6-7-13(12(8-10)17(22)27)23-15(26)9-25-14-5-3-2-4-11(14)16(24-25)18(19,20)21/h6-8H,2-5,9H2,1H3,(H2,22,27)(H,23,26). The first-order chi connectivity index (χ1) is 12.7. The molecule has 0 saturated carbocycles. The van der Waals surface area contributed by atoms with Gasteiger partial charge in [0, 0.05) is 11.3 Å². The summed E-state index contributed by atoms with van der Waals surface area (Å²) in [6, 6.07) is 4.77. The number of anilines is 1. The predicted octanol–water partition coefficient (Wildman–Crippen LogP) is 2.83. The van der Waals surface area contributed by atoms with Crippen LogP contribution in [0.2, 0.25) is 0 Å². The first kappa shape index (κ1) is 18.9. The van der Waals surface area contributed by atoms with Crippen molar-refractivity contribution in [1.82, 2.24) is 9.78 Å². The van der Waals surface area contributed by atoms with Gasteiger partial charge in [-0.3, -0.25) is 14.3 Å². The molecule has 0 bridgehead atoms. The summed E-state index contributed by atoms with van der Waals surface area (Å²) in [7, 11) is 0. The van der Waals surface area contributed by atoms with Gasteiger partial charge in [0.2, 0.25) is 5.91 Å². The van der Waals surface area contributed by atoms with Gasteiger partial charge in [0.25, 0.3) is 5.91 Å². The number of alkyl halides is 3. The lowest BCUT2D eigenvalue weighted by molar-refractivity contribution is -0.142. The topological polar surface area (TPSA) is 90.0 Å². The fourth-order valence-electron chi connectivity index (χ4n) is 3.33. The molecule has 0 aliphatic heterocycles. The number of fused-ring (bicyclic) bond motifs is 1. The van der Waals surface area contributed by atoms with Gasteiger partial charge < -0.3 is 11.1 Å². The number of carbonyl (C=O) groups excluding carboxylic acids is 2. The van der Waals surface area contributed by atoms with E-state index in [1.54, 1.807) is 13.0 Å². The summed E-state index contributed by atoms with van der Waals surface area (Å²) >= 11 is 0. The van der Waals surface area contributed by atoms with Crippen LogP contribution in [0.5, 0.6) is 0 Å². The van der Waals surface area contributed by atoms with Gasteiger partial charge >= 0.3 is 6.18 Å². The molecule has 0 radical (unpaired) electrons. The maximum Gasteiger partial charge on any atom is 0.435 e. The second kappa shape index (κ2) is 7.05. The zero-order valence-electron chi connectivity index (χ0n) is 14.7. The Bertz CT molecular complexity index is 903. The molecule has 0 saturated heterocycles. The third-order valence-electron chi connectivity index (χ3n) is 4.53. The van der Waals surface area contributed by atoms with E-state index in [9.17, 15) is 22.8 Å². The summed E-state index contributed by atoms with van der Waals surface area (Å²) in [5, 5.41) is 6.20. The Balaban J connectivity index is 1.85. The number of amides is 2. The molecule has 9 heteroatoms. The zero-order chi connectivity index (χ0) is 19.8. The normalized spacial score (nSPS) is 13.9. The maximum absolute atomic E-state index is 13.2. The van der Waals surface area contributed by atoms with Crippen molar-refractivity contribution in [2.24, 2.45) is 5.73 Å². The van der Waals surface area contributed by atoms with Crippen molar-refractivity contribution in [2.45, 2.75) is 45.3 Å². The van der Waals surface area contributed by atoms with Crippen LogP contribution < -0.4 is 11.1 Å². The number of nitrogens with one attached hydrogen (secondary N) is 1. The van der Waals surface area contributed by atoms with Crippen molar-refractivity contribution >= 4 is 17.5 Å². The Labute approximate surface area is 153 Å². The third kappa shape index (κ3) is 3.96. The van der Waals surface area contributed by atoms with Gasteiger partial charge in [-0.15, -0.1) is 0 Å². The fraction of sp³-hybridized carbons (Fsp3) is 0.389. The van der Waals surface area contributed by atoms with Crippen LogP contribution in [-0.2, 0) is 30.4 Å². The number of hydrogen-bond acceptors (Lipinski definition) is 3. The summed E-state index contributed by atoms with van der Waals surface area (Å²) in [6.07, 6.45) is -2.39. The number of hydrogen-bond donors (Lipinski definition) is 2. The Hall–Kier alpha value is -2.84. The number of halogens is 3. The van der Waals surface area contributed by atoms with Crippen molar-refractivity contribution in [1.29, 1.82) is 0 Å². The first-order valence-electron chi connectivity index (χ1n) is 8.53. The smallest absolute Gasteiger partial charge is 0.366 e. The van der Waals surface area contributed by atoms with Crippen molar-refractivity contribution in [3.63, 3.8) is 0 Å². The van der Waals surface area contributed by atoms with Crippen LogP contribution in [0.4, 0.5) is 18.9 Å². The molecule has 1 aliphatic rings. The number of primary amides is 1. The van der Waals surface area contributed by atoms with E-state index >= 15 is 0 Å². The number of nitrogens with two attached hydrogens (primary N) is 1. The SMILES string of the molecule is Cc1ccc(NC(=O)Cn2nc(C(F)(F)F)c3c2CCCC3)c(C(N)=O)c1. The molecule has 0 fully saturated rings. The molecule has 3 N–H and O–H groups in total. The first-order valence-corrected chi connectivity index (χ1v) is 8.53. The molecule has 27 heavy (non-hydrogen) atoms. The van der Waals surface area contributed by atoms with E-state index in [0.717, 1.165) is 16.7 Å². The van der Waals surface area contributed by atoms with Crippen molar-refractivity contribution in [2.75, 3.05) is 5.32 Å². The molecule has 3 rings (SSSR count). The van der Waals surface area contributed by atoms with Crippen LogP contribution in [0, 0.1) is 6.92 Å². The number of nitrogens with zero attached hydrogens (tertiary/aromatic N) is 2. The molecule has 2 aromatic rings. The molecule has 0 atom stereocenters. The van der Waals surface area contributed by atoms with E-state index in [1.165, 1.54) is 12.1 Å². The molecule has 1 heterocycles. The number of carbonyl (C=O) groups is 2. The highest BCUT2D eigenvalue weighted by atomic mass is 19.4. The largest absolute Gasteiger partial charge is 0.435 e. The highest BCUT2D eigenvalue weighted by molar-refractivity contribution is 6.03. The molecule has 1 aliphatic carbocycles. The minimum Gasteiger partial charge on any atom is -0.366 e. The summed E-state index contributed by atoms with van der Waals surface area (Å²) in [6.45, 7) is 1.40. The van der Waals surface area contributed by atoms with Crippen LogP contribution in [-0.4, -0.2) is 21.6 Å². The Morgan fingerprint density at radius 1 is 1.26 bits per heavy atom. The van der Waals surface area contributed by atoms with Gasteiger partial charge in [-0.05, 0) is 44.7 Å². The molecular weight excluding hydrogens is 361 g/mol. The number of aryl methyl sites for hydroxylation is 1. The molecule has 6 nitrogen and oxygen atoms in total. The number of benzene rings is 1. The highest BCUT2D eigenvalue weighted by Gasteiger charge is 2.39. The quantitative estimate of drug-likeness (QED) is 0.855. The highest BCUT2D eigenvalue weighted by Crippen LogP contribution is 2.35. The monoisotopic (exact) mass is 380 g/mol. The van der Waals surface area contributed by atoms with Crippen LogP contribution in [0.3, 0.4) is 0 Å². The molecule has 144 valence electrons. The van der Waals surface area contributed by atoms with Gasteiger partial charge in [0.15, 0.2) is 5.69 Å². The third-order valence-corrected chi connectivity index (χ3v) is 4.53. The van der Waals surface area contributed by atoms with Crippen molar-refractivity contribution < 1.29 is 22.8 Å². The molecular formula is C18H19F3N4O2.